The second-order valence-corrected chi connectivity index (χ2v) is 6.39. The molecule has 1 saturated heterocycles. The van der Waals surface area contributed by atoms with Crippen LogP contribution in [-0.4, -0.2) is 21.8 Å². The smallest absolute Gasteiger partial charge is 0.269 e. The molecule has 1 heterocycles. The highest BCUT2D eigenvalue weighted by atomic mass is 16.7. The van der Waals surface area contributed by atoms with Crippen LogP contribution in [0.1, 0.15) is 30.9 Å². The summed E-state index contributed by atoms with van der Waals surface area (Å²) in [6.45, 7) is 1.83. The third-order valence-electron chi connectivity index (χ3n) is 4.64. The number of rotatable bonds is 5. The number of nitro benzene ring substituents is 1. The van der Waals surface area contributed by atoms with E-state index in [1.165, 1.54) is 12.1 Å². The maximum Gasteiger partial charge on any atom is 0.269 e. The number of hydrogen-bond acceptors (Lipinski definition) is 5. The molecule has 0 aliphatic carbocycles. The van der Waals surface area contributed by atoms with Crippen LogP contribution in [0.3, 0.4) is 0 Å². The number of carbonyl (C=O) groups excluding carboxylic acids is 2. The summed E-state index contributed by atoms with van der Waals surface area (Å²) < 4.78 is 0. The Labute approximate surface area is 150 Å². The zero-order chi connectivity index (χ0) is 18.7. The Kier molecular flexibility index (Phi) is 4.81. The molecule has 2 amide bonds. The van der Waals surface area contributed by atoms with E-state index in [0.717, 1.165) is 10.6 Å². The molecule has 7 nitrogen and oxygen atoms in total. The largest absolute Gasteiger partial charge is 0.272 e. The highest BCUT2D eigenvalue weighted by Gasteiger charge is 2.46. The zero-order valence-electron chi connectivity index (χ0n) is 14.3. The van der Waals surface area contributed by atoms with Crippen molar-refractivity contribution < 1.29 is 19.3 Å². The average Bonchev–Trinajstić information content (AvgIpc) is 2.66. The van der Waals surface area contributed by atoms with Crippen LogP contribution in [0.25, 0.3) is 0 Å². The van der Waals surface area contributed by atoms with Gasteiger partial charge >= 0.3 is 0 Å². The number of hydroxylamine groups is 2. The minimum atomic E-state index is -0.972. The second kappa shape index (κ2) is 7.05. The molecule has 3 rings (SSSR count). The molecule has 0 unspecified atom stereocenters. The van der Waals surface area contributed by atoms with Gasteiger partial charge in [0.15, 0.2) is 0 Å². The maximum absolute atomic E-state index is 12.9. The highest BCUT2D eigenvalue weighted by Crippen LogP contribution is 2.36. The molecule has 0 bridgehead atoms. The van der Waals surface area contributed by atoms with Crippen molar-refractivity contribution in [2.75, 3.05) is 0 Å². The minimum Gasteiger partial charge on any atom is -0.272 e. The minimum absolute atomic E-state index is 0.0473. The lowest BCUT2D eigenvalue weighted by Gasteiger charge is -2.37. The lowest BCUT2D eigenvalue weighted by molar-refractivity contribution is -0.384. The number of hydrogen-bond donors (Lipinski definition) is 0. The van der Waals surface area contributed by atoms with Gasteiger partial charge in [-0.15, -0.1) is 0 Å². The first-order valence-corrected chi connectivity index (χ1v) is 8.21. The Morgan fingerprint density at radius 3 is 2.38 bits per heavy atom. The molecule has 2 aromatic rings. The molecule has 0 aromatic heterocycles. The summed E-state index contributed by atoms with van der Waals surface area (Å²) >= 11 is 0. The molecule has 1 aliphatic rings. The number of benzene rings is 2. The van der Waals surface area contributed by atoms with Gasteiger partial charge in [-0.25, -0.2) is 0 Å². The number of imide groups is 1. The van der Waals surface area contributed by atoms with Crippen LogP contribution in [-0.2, 0) is 26.4 Å². The van der Waals surface area contributed by atoms with Gasteiger partial charge in [0.2, 0.25) is 0 Å². The highest BCUT2D eigenvalue weighted by molar-refractivity contribution is 6.02. The third kappa shape index (κ3) is 3.34. The molecule has 0 saturated carbocycles. The van der Waals surface area contributed by atoms with Gasteiger partial charge in [0.25, 0.3) is 17.5 Å². The quantitative estimate of drug-likeness (QED) is 0.467. The first-order chi connectivity index (χ1) is 12.4. The lowest BCUT2D eigenvalue weighted by Crippen LogP contribution is -2.52. The molecule has 7 heteroatoms. The summed E-state index contributed by atoms with van der Waals surface area (Å²) in [4.78, 5) is 40.9. The molecule has 0 radical (unpaired) electrons. The van der Waals surface area contributed by atoms with Crippen molar-refractivity contribution in [1.29, 1.82) is 0 Å². The Balaban J connectivity index is 1.81. The van der Waals surface area contributed by atoms with Crippen molar-refractivity contribution in [2.45, 2.75) is 31.8 Å². The van der Waals surface area contributed by atoms with E-state index in [-0.39, 0.29) is 24.6 Å². The van der Waals surface area contributed by atoms with E-state index in [0.29, 0.717) is 12.0 Å². The Bertz CT molecular complexity index is 835. The first-order valence-electron chi connectivity index (χ1n) is 8.21. The summed E-state index contributed by atoms with van der Waals surface area (Å²) in [5, 5.41) is 11.6. The average molecular weight is 354 g/mol. The number of piperidine rings is 1. The van der Waals surface area contributed by atoms with Gasteiger partial charge in [0.05, 0.1) is 10.3 Å². The van der Waals surface area contributed by atoms with Crippen molar-refractivity contribution in [2.24, 2.45) is 0 Å². The Hall–Kier alpha value is -3.06. The van der Waals surface area contributed by atoms with Crippen LogP contribution >= 0.6 is 0 Å². The van der Waals surface area contributed by atoms with Crippen molar-refractivity contribution in [3.8, 4) is 0 Å². The van der Waals surface area contributed by atoms with Crippen molar-refractivity contribution >= 4 is 17.5 Å². The van der Waals surface area contributed by atoms with Crippen molar-refractivity contribution in [3.05, 3.63) is 75.8 Å². The molecular weight excluding hydrogens is 336 g/mol. The van der Waals surface area contributed by atoms with Gasteiger partial charge in [-0.2, -0.15) is 5.06 Å². The molecule has 1 atom stereocenters. The summed E-state index contributed by atoms with van der Waals surface area (Å²) in [7, 11) is 0. The fraction of sp³-hybridized carbons (Fsp3) is 0.263. The normalized spacial score (nSPS) is 20.3. The molecular formula is C19H18N2O5. The fourth-order valence-corrected chi connectivity index (χ4v) is 2.97. The van der Waals surface area contributed by atoms with Crippen LogP contribution in [0.2, 0.25) is 0 Å². The van der Waals surface area contributed by atoms with Gasteiger partial charge in [-0.3, -0.25) is 24.5 Å². The number of non-ortho nitro benzene ring substituents is 1. The van der Waals surface area contributed by atoms with E-state index >= 15 is 0 Å². The first kappa shape index (κ1) is 17.8. The molecule has 0 spiro atoms. The second-order valence-electron chi connectivity index (χ2n) is 6.39. The van der Waals surface area contributed by atoms with E-state index in [9.17, 15) is 19.7 Å². The summed E-state index contributed by atoms with van der Waals surface area (Å²) in [5.74, 6) is -0.844. The van der Waals surface area contributed by atoms with Crippen LogP contribution in [0.4, 0.5) is 5.69 Å². The molecule has 1 aliphatic heterocycles. The van der Waals surface area contributed by atoms with Crippen LogP contribution in [0.15, 0.2) is 54.6 Å². The van der Waals surface area contributed by atoms with E-state index in [2.05, 4.69) is 0 Å². The van der Waals surface area contributed by atoms with E-state index < -0.39 is 16.2 Å². The number of amides is 2. The van der Waals surface area contributed by atoms with Gasteiger partial charge < -0.3 is 0 Å². The van der Waals surface area contributed by atoms with Crippen molar-refractivity contribution in [1.82, 2.24) is 5.06 Å². The predicted molar refractivity (Wildman–Crippen MR) is 92.8 cm³/mol. The summed E-state index contributed by atoms with van der Waals surface area (Å²) in [5.41, 5.74) is 0.443. The van der Waals surface area contributed by atoms with Gasteiger partial charge in [0.1, 0.15) is 6.61 Å². The molecule has 2 aromatic carbocycles. The van der Waals surface area contributed by atoms with Crippen LogP contribution < -0.4 is 0 Å². The van der Waals surface area contributed by atoms with E-state index in [4.69, 9.17) is 4.84 Å². The van der Waals surface area contributed by atoms with Gasteiger partial charge in [0, 0.05) is 18.6 Å². The van der Waals surface area contributed by atoms with Crippen LogP contribution in [0.5, 0.6) is 0 Å². The fourth-order valence-electron chi connectivity index (χ4n) is 2.97. The summed E-state index contributed by atoms with van der Waals surface area (Å²) in [6.07, 6.45) is 0.488. The molecule has 26 heavy (non-hydrogen) atoms. The number of nitro groups is 1. The molecule has 0 N–H and O–H groups in total. The predicted octanol–water partition coefficient (Wildman–Crippen LogP) is 3.13. The van der Waals surface area contributed by atoms with E-state index in [1.54, 1.807) is 19.1 Å². The number of nitrogens with zero attached hydrogens (tertiary/aromatic N) is 2. The standard InChI is InChI=1S/C19H18N2O5/c1-19(15-7-9-16(10-8-15)21(24)25)12-11-17(22)20(18(19)23)26-13-14-5-3-2-4-6-14/h2-10H,11-13H2,1H3/t19-/m0/s1. The maximum atomic E-state index is 12.9. The number of carbonyl (C=O) groups is 2. The van der Waals surface area contributed by atoms with Crippen molar-refractivity contribution in [3.63, 3.8) is 0 Å². The Morgan fingerprint density at radius 1 is 1.12 bits per heavy atom. The van der Waals surface area contributed by atoms with Gasteiger partial charge in [-0.05, 0) is 24.5 Å². The lowest BCUT2D eigenvalue weighted by atomic mass is 9.75. The SMILES string of the molecule is C[C@@]1(c2ccc([N+](=O)[O-])cc2)CCC(=O)N(OCc2ccccc2)C1=O. The molecule has 134 valence electrons. The monoisotopic (exact) mass is 354 g/mol. The van der Waals surface area contributed by atoms with E-state index in [1.807, 2.05) is 30.3 Å². The topological polar surface area (TPSA) is 89.8 Å². The van der Waals surface area contributed by atoms with Gasteiger partial charge in [-0.1, -0.05) is 42.5 Å². The third-order valence-corrected chi connectivity index (χ3v) is 4.64. The Morgan fingerprint density at radius 2 is 1.77 bits per heavy atom. The molecule has 1 fully saturated rings. The summed E-state index contributed by atoms with van der Waals surface area (Å²) in [6, 6.07) is 15.1. The zero-order valence-corrected chi connectivity index (χ0v) is 14.3. The van der Waals surface area contributed by atoms with Crippen LogP contribution in [0, 0.1) is 10.1 Å².